The van der Waals surface area contributed by atoms with E-state index >= 15 is 0 Å². The molecular weight excluding hydrogens is 214 g/mol. The molecule has 0 amide bonds. The van der Waals surface area contributed by atoms with Crippen molar-refractivity contribution in [3.63, 3.8) is 0 Å². The second-order valence-electron chi connectivity index (χ2n) is 5.04. The number of aliphatic hydroxyl groups is 1. The first-order chi connectivity index (χ1) is 7.91. The van der Waals surface area contributed by atoms with E-state index in [2.05, 4.69) is 24.3 Å². The van der Waals surface area contributed by atoms with Crippen molar-refractivity contribution in [3.05, 3.63) is 11.9 Å². The Balaban J connectivity index is 2.75. The highest BCUT2D eigenvalue weighted by molar-refractivity contribution is 5.48. The molecule has 1 rings (SSSR count). The first kappa shape index (κ1) is 14.0. The second kappa shape index (κ2) is 5.54. The third-order valence-corrected chi connectivity index (χ3v) is 3.33. The number of hydrogen-bond acceptors (Lipinski definition) is 3. The van der Waals surface area contributed by atoms with Gasteiger partial charge in [0, 0.05) is 19.8 Å². The summed E-state index contributed by atoms with van der Waals surface area (Å²) in [5, 5.41) is 18.0. The van der Waals surface area contributed by atoms with Gasteiger partial charge in [0.15, 0.2) is 0 Å². The van der Waals surface area contributed by atoms with Gasteiger partial charge in [0.1, 0.15) is 0 Å². The monoisotopic (exact) mass is 239 g/mol. The van der Waals surface area contributed by atoms with Crippen LogP contribution in [0, 0.1) is 0 Å². The van der Waals surface area contributed by atoms with E-state index in [1.165, 1.54) is 0 Å². The summed E-state index contributed by atoms with van der Waals surface area (Å²) >= 11 is 0. The molecule has 0 atom stereocenters. The molecule has 2 N–H and O–H groups in total. The fraction of sp³-hybridized carbons (Fsp3) is 0.769. The second-order valence-corrected chi connectivity index (χ2v) is 5.04. The molecule has 0 saturated heterocycles. The number of nitrogens with zero attached hydrogens (tertiary/aromatic N) is 2. The highest BCUT2D eigenvalue weighted by atomic mass is 16.3. The molecule has 0 spiro atoms. The number of rotatable bonds is 6. The minimum atomic E-state index is -0.621. The van der Waals surface area contributed by atoms with Gasteiger partial charge in [-0.25, -0.2) is 0 Å². The summed E-state index contributed by atoms with van der Waals surface area (Å²) in [5.41, 5.74) is 1.47. The summed E-state index contributed by atoms with van der Waals surface area (Å²) < 4.78 is 1.81. The number of anilines is 1. The van der Waals surface area contributed by atoms with Crippen molar-refractivity contribution in [2.24, 2.45) is 7.05 Å². The average Bonchev–Trinajstić information content (AvgIpc) is 2.68. The molecule has 0 fully saturated rings. The third-order valence-electron chi connectivity index (χ3n) is 3.33. The Hall–Kier alpha value is -1.03. The van der Waals surface area contributed by atoms with Gasteiger partial charge < -0.3 is 10.4 Å². The van der Waals surface area contributed by atoms with E-state index in [0.717, 1.165) is 24.2 Å². The summed E-state index contributed by atoms with van der Waals surface area (Å²) in [6, 6.07) is 0. The standard InChI is InChI=1S/C13H25N3O/c1-6-13(17,7-2)9-14-11-8-16(5)15-12(11)10(3)4/h8,10,14,17H,6-7,9H2,1-5H3. The molecule has 98 valence electrons. The van der Waals surface area contributed by atoms with Crippen molar-refractivity contribution in [2.75, 3.05) is 11.9 Å². The predicted molar refractivity (Wildman–Crippen MR) is 71.3 cm³/mol. The molecule has 0 aromatic carbocycles. The van der Waals surface area contributed by atoms with E-state index in [9.17, 15) is 5.11 Å². The lowest BCUT2D eigenvalue weighted by Gasteiger charge is -2.26. The SMILES string of the molecule is CCC(O)(CC)CNc1cn(C)nc1C(C)C. The summed E-state index contributed by atoms with van der Waals surface area (Å²) in [6.07, 6.45) is 3.49. The minimum absolute atomic E-state index is 0.384. The van der Waals surface area contributed by atoms with Gasteiger partial charge in [-0.1, -0.05) is 27.7 Å². The van der Waals surface area contributed by atoms with Crippen LogP contribution < -0.4 is 5.32 Å². The van der Waals surface area contributed by atoms with Crippen LogP contribution in [-0.2, 0) is 7.05 Å². The van der Waals surface area contributed by atoms with Crippen LogP contribution >= 0.6 is 0 Å². The summed E-state index contributed by atoms with van der Waals surface area (Å²) in [6.45, 7) is 8.85. The molecule has 0 unspecified atom stereocenters. The molecule has 0 bridgehead atoms. The lowest BCUT2D eigenvalue weighted by molar-refractivity contribution is 0.0457. The number of aryl methyl sites for hydroxylation is 1. The maximum Gasteiger partial charge on any atom is 0.0881 e. The first-order valence-corrected chi connectivity index (χ1v) is 6.41. The van der Waals surface area contributed by atoms with Gasteiger partial charge in [0.2, 0.25) is 0 Å². The zero-order valence-corrected chi connectivity index (χ0v) is 11.6. The van der Waals surface area contributed by atoms with Crippen LogP contribution in [0.5, 0.6) is 0 Å². The average molecular weight is 239 g/mol. The van der Waals surface area contributed by atoms with E-state index in [1.807, 2.05) is 31.8 Å². The van der Waals surface area contributed by atoms with Crippen molar-refractivity contribution in [2.45, 2.75) is 52.1 Å². The van der Waals surface area contributed by atoms with E-state index in [0.29, 0.717) is 12.5 Å². The summed E-state index contributed by atoms with van der Waals surface area (Å²) in [5.74, 6) is 0.384. The molecule has 0 aliphatic carbocycles. The number of nitrogens with one attached hydrogen (secondary N) is 1. The molecule has 0 radical (unpaired) electrons. The van der Waals surface area contributed by atoms with Gasteiger partial charge in [-0.2, -0.15) is 5.10 Å². The maximum atomic E-state index is 10.2. The molecule has 0 aliphatic heterocycles. The van der Waals surface area contributed by atoms with Crippen LogP contribution in [-0.4, -0.2) is 27.0 Å². The highest BCUT2D eigenvalue weighted by Crippen LogP contribution is 2.23. The fourth-order valence-corrected chi connectivity index (χ4v) is 1.83. The maximum absolute atomic E-state index is 10.2. The molecule has 1 heterocycles. The van der Waals surface area contributed by atoms with E-state index < -0.39 is 5.60 Å². The molecule has 1 aromatic rings. The van der Waals surface area contributed by atoms with Gasteiger partial charge in [0.05, 0.1) is 17.0 Å². The minimum Gasteiger partial charge on any atom is -0.388 e. The first-order valence-electron chi connectivity index (χ1n) is 6.41. The van der Waals surface area contributed by atoms with E-state index in [1.54, 1.807) is 0 Å². The number of hydrogen-bond donors (Lipinski definition) is 2. The van der Waals surface area contributed by atoms with Gasteiger partial charge >= 0.3 is 0 Å². The zero-order valence-electron chi connectivity index (χ0n) is 11.6. The predicted octanol–water partition coefficient (Wildman–Crippen LogP) is 2.51. The van der Waals surface area contributed by atoms with Crippen molar-refractivity contribution < 1.29 is 5.11 Å². The Bertz CT molecular complexity index is 354. The van der Waals surface area contributed by atoms with Crippen molar-refractivity contribution in [1.82, 2.24) is 9.78 Å². The van der Waals surface area contributed by atoms with Crippen LogP contribution in [0.3, 0.4) is 0 Å². The van der Waals surface area contributed by atoms with Crippen molar-refractivity contribution in [3.8, 4) is 0 Å². The summed E-state index contributed by atoms with van der Waals surface area (Å²) in [7, 11) is 1.92. The lowest BCUT2D eigenvalue weighted by atomic mass is 9.97. The molecule has 4 heteroatoms. The van der Waals surface area contributed by atoms with Gasteiger partial charge in [-0.15, -0.1) is 0 Å². The van der Waals surface area contributed by atoms with Gasteiger partial charge in [0.25, 0.3) is 0 Å². The normalized spacial score (nSPS) is 12.2. The van der Waals surface area contributed by atoms with Gasteiger partial charge in [-0.05, 0) is 18.8 Å². The zero-order chi connectivity index (χ0) is 13.1. The van der Waals surface area contributed by atoms with Gasteiger partial charge in [-0.3, -0.25) is 4.68 Å². The van der Waals surface area contributed by atoms with Crippen LogP contribution in [0.15, 0.2) is 6.20 Å². The van der Waals surface area contributed by atoms with Crippen LogP contribution in [0.1, 0.15) is 52.1 Å². The topological polar surface area (TPSA) is 50.1 Å². The molecule has 1 aromatic heterocycles. The molecule has 0 saturated carbocycles. The Morgan fingerprint density at radius 1 is 1.41 bits per heavy atom. The molecule has 17 heavy (non-hydrogen) atoms. The molecule has 4 nitrogen and oxygen atoms in total. The molecule has 0 aliphatic rings. The van der Waals surface area contributed by atoms with Crippen molar-refractivity contribution in [1.29, 1.82) is 0 Å². The van der Waals surface area contributed by atoms with Crippen LogP contribution in [0.4, 0.5) is 5.69 Å². The molecular formula is C13H25N3O. The smallest absolute Gasteiger partial charge is 0.0881 e. The van der Waals surface area contributed by atoms with Crippen molar-refractivity contribution >= 4 is 5.69 Å². The van der Waals surface area contributed by atoms with E-state index in [4.69, 9.17) is 0 Å². The quantitative estimate of drug-likeness (QED) is 0.802. The Morgan fingerprint density at radius 3 is 2.47 bits per heavy atom. The summed E-state index contributed by atoms with van der Waals surface area (Å²) in [4.78, 5) is 0. The fourth-order valence-electron chi connectivity index (χ4n) is 1.83. The highest BCUT2D eigenvalue weighted by Gasteiger charge is 2.22. The Labute approximate surface area is 104 Å². The van der Waals surface area contributed by atoms with Crippen LogP contribution in [0.25, 0.3) is 0 Å². The van der Waals surface area contributed by atoms with Crippen LogP contribution in [0.2, 0.25) is 0 Å². The van der Waals surface area contributed by atoms with E-state index in [-0.39, 0.29) is 0 Å². The Kier molecular flexibility index (Phi) is 4.57. The Morgan fingerprint density at radius 2 is 2.00 bits per heavy atom. The third kappa shape index (κ3) is 3.46. The largest absolute Gasteiger partial charge is 0.388 e. The lowest BCUT2D eigenvalue weighted by Crippen LogP contribution is -2.35. The number of aromatic nitrogens is 2.